The van der Waals surface area contributed by atoms with Gasteiger partial charge in [-0.15, -0.1) is 0 Å². The molecule has 0 unspecified atom stereocenters. The third-order valence-corrected chi connectivity index (χ3v) is 3.59. The van der Waals surface area contributed by atoms with E-state index in [1.165, 1.54) is 18.1 Å². The Hall–Kier alpha value is -1.64. The SMILES string of the molecule is CC(=O)CC(=O)Nc1cccc2c1CCC2(C)C. The zero-order chi connectivity index (χ0) is 13.3. The molecule has 1 aliphatic carbocycles. The second-order valence-corrected chi connectivity index (χ2v) is 5.64. The third-order valence-electron chi connectivity index (χ3n) is 3.59. The largest absolute Gasteiger partial charge is 0.325 e. The minimum Gasteiger partial charge on any atom is -0.325 e. The quantitative estimate of drug-likeness (QED) is 0.832. The van der Waals surface area contributed by atoms with Gasteiger partial charge < -0.3 is 5.32 Å². The Morgan fingerprint density at radius 1 is 1.33 bits per heavy atom. The average Bonchev–Trinajstić information content (AvgIpc) is 2.55. The van der Waals surface area contributed by atoms with Gasteiger partial charge in [0.15, 0.2) is 0 Å². The fraction of sp³-hybridized carbons (Fsp3) is 0.467. The first kappa shape index (κ1) is 12.8. The van der Waals surface area contributed by atoms with Crippen LogP contribution in [0.2, 0.25) is 0 Å². The van der Waals surface area contributed by atoms with Crippen LogP contribution in [0.3, 0.4) is 0 Å². The van der Waals surface area contributed by atoms with Gasteiger partial charge >= 0.3 is 0 Å². The van der Waals surface area contributed by atoms with Crippen molar-refractivity contribution in [2.45, 2.75) is 45.4 Å². The monoisotopic (exact) mass is 245 g/mol. The molecule has 0 spiro atoms. The number of carbonyl (C=O) groups excluding carboxylic acids is 2. The number of nitrogens with one attached hydrogen (secondary N) is 1. The first-order chi connectivity index (χ1) is 8.40. The summed E-state index contributed by atoms with van der Waals surface area (Å²) >= 11 is 0. The number of anilines is 1. The number of rotatable bonds is 3. The van der Waals surface area contributed by atoms with Crippen molar-refractivity contribution in [2.75, 3.05) is 5.32 Å². The fourth-order valence-corrected chi connectivity index (χ4v) is 2.60. The average molecular weight is 245 g/mol. The zero-order valence-electron chi connectivity index (χ0n) is 11.2. The summed E-state index contributed by atoms with van der Waals surface area (Å²) in [6.45, 7) is 5.87. The van der Waals surface area contributed by atoms with Crippen molar-refractivity contribution in [2.24, 2.45) is 0 Å². The molecule has 0 heterocycles. The molecule has 0 bridgehead atoms. The van der Waals surface area contributed by atoms with Crippen molar-refractivity contribution in [3.05, 3.63) is 29.3 Å². The summed E-state index contributed by atoms with van der Waals surface area (Å²) in [5.74, 6) is -0.332. The highest BCUT2D eigenvalue weighted by Crippen LogP contribution is 2.41. The second-order valence-electron chi connectivity index (χ2n) is 5.64. The Morgan fingerprint density at radius 3 is 2.72 bits per heavy atom. The smallest absolute Gasteiger partial charge is 0.231 e. The number of fused-ring (bicyclic) bond motifs is 1. The molecule has 0 saturated heterocycles. The number of ketones is 1. The Bertz CT molecular complexity index is 503. The molecule has 1 amide bonds. The lowest BCUT2D eigenvalue weighted by Crippen LogP contribution is -2.16. The van der Waals surface area contributed by atoms with Gasteiger partial charge in [-0.2, -0.15) is 0 Å². The molecule has 0 atom stereocenters. The van der Waals surface area contributed by atoms with Gasteiger partial charge in [-0.05, 0) is 42.4 Å². The highest BCUT2D eigenvalue weighted by Gasteiger charge is 2.31. The van der Waals surface area contributed by atoms with Gasteiger partial charge in [0.2, 0.25) is 5.91 Å². The maximum Gasteiger partial charge on any atom is 0.231 e. The summed E-state index contributed by atoms with van der Waals surface area (Å²) in [6.07, 6.45) is 2.04. The van der Waals surface area contributed by atoms with Crippen LogP contribution in [0, 0.1) is 0 Å². The van der Waals surface area contributed by atoms with Crippen molar-refractivity contribution in [3.63, 3.8) is 0 Å². The highest BCUT2D eigenvalue weighted by molar-refractivity contribution is 6.03. The molecule has 3 nitrogen and oxygen atoms in total. The molecule has 1 N–H and O–H groups in total. The van der Waals surface area contributed by atoms with E-state index in [0.717, 1.165) is 18.5 Å². The van der Waals surface area contributed by atoms with Gasteiger partial charge in [-0.1, -0.05) is 26.0 Å². The molecule has 0 radical (unpaired) electrons. The summed E-state index contributed by atoms with van der Waals surface area (Å²) < 4.78 is 0. The molecule has 3 heteroatoms. The van der Waals surface area contributed by atoms with Crippen LogP contribution in [0.1, 0.15) is 44.7 Å². The molecule has 0 saturated carbocycles. The molecule has 1 aromatic carbocycles. The summed E-state index contributed by atoms with van der Waals surface area (Å²) in [6, 6.07) is 6.01. The number of hydrogen-bond acceptors (Lipinski definition) is 2. The topological polar surface area (TPSA) is 46.2 Å². The van der Waals surface area contributed by atoms with Crippen molar-refractivity contribution in [3.8, 4) is 0 Å². The highest BCUT2D eigenvalue weighted by atomic mass is 16.2. The lowest BCUT2D eigenvalue weighted by Gasteiger charge is -2.19. The third kappa shape index (κ3) is 2.45. The molecule has 96 valence electrons. The molecule has 2 rings (SSSR count). The molecule has 1 aromatic rings. The van der Waals surface area contributed by atoms with Crippen LogP contribution < -0.4 is 5.32 Å². The number of carbonyl (C=O) groups is 2. The lowest BCUT2D eigenvalue weighted by atomic mass is 9.86. The number of Topliss-reactive ketones (excluding diaryl/α,β-unsaturated/α-hetero) is 1. The van der Waals surface area contributed by atoms with Crippen LogP contribution in [0.15, 0.2) is 18.2 Å². The number of benzene rings is 1. The van der Waals surface area contributed by atoms with Crippen molar-refractivity contribution in [1.82, 2.24) is 0 Å². The van der Waals surface area contributed by atoms with Gasteiger partial charge in [-0.3, -0.25) is 9.59 Å². The minimum absolute atomic E-state index is 0.0486. The fourth-order valence-electron chi connectivity index (χ4n) is 2.60. The Morgan fingerprint density at radius 2 is 2.06 bits per heavy atom. The van der Waals surface area contributed by atoms with E-state index in [4.69, 9.17) is 0 Å². The van der Waals surface area contributed by atoms with Crippen LogP contribution in [-0.4, -0.2) is 11.7 Å². The van der Waals surface area contributed by atoms with Crippen LogP contribution in [0.4, 0.5) is 5.69 Å². The van der Waals surface area contributed by atoms with E-state index in [9.17, 15) is 9.59 Å². The van der Waals surface area contributed by atoms with E-state index in [0.29, 0.717) is 0 Å². The van der Waals surface area contributed by atoms with Gasteiger partial charge in [0, 0.05) is 5.69 Å². The molecular weight excluding hydrogens is 226 g/mol. The second kappa shape index (κ2) is 4.56. The van der Waals surface area contributed by atoms with Crippen LogP contribution in [0.25, 0.3) is 0 Å². The molecule has 0 fully saturated rings. The van der Waals surface area contributed by atoms with Crippen molar-refractivity contribution in [1.29, 1.82) is 0 Å². The summed E-state index contributed by atoms with van der Waals surface area (Å²) in [7, 11) is 0. The van der Waals surface area contributed by atoms with Gasteiger partial charge in [-0.25, -0.2) is 0 Å². The number of hydrogen-bond donors (Lipinski definition) is 1. The zero-order valence-corrected chi connectivity index (χ0v) is 11.2. The minimum atomic E-state index is -0.222. The Balaban J connectivity index is 2.24. The van der Waals surface area contributed by atoms with E-state index in [1.807, 2.05) is 12.1 Å². The van der Waals surface area contributed by atoms with E-state index in [2.05, 4.69) is 25.2 Å². The van der Waals surface area contributed by atoms with E-state index in [1.54, 1.807) is 0 Å². The Kier molecular flexibility index (Phi) is 3.24. The standard InChI is InChI=1S/C15H19NO2/c1-10(17)9-14(18)16-13-6-4-5-12-11(13)7-8-15(12,2)3/h4-6H,7-9H2,1-3H3,(H,16,18). The van der Waals surface area contributed by atoms with E-state index >= 15 is 0 Å². The molecule has 18 heavy (non-hydrogen) atoms. The predicted molar refractivity (Wildman–Crippen MR) is 71.7 cm³/mol. The first-order valence-corrected chi connectivity index (χ1v) is 6.32. The van der Waals surface area contributed by atoms with Gasteiger partial charge in [0.05, 0.1) is 6.42 Å². The van der Waals surface area contributed by atoms with Crippen molar-refractivity contribution >= 4 is 17.4 Å². The maximum atomic E-state index is 11.7. The summed E-state index contributed by atoms with van der Waals surface area (Å²) in [5, 5.41) is 2.85. The molecular formula is C15H19NO2. The number of amides is 1. The van der Waals surface area contributed by atoms with E-state index < -0.39 is 0 Å². The van der Waals surface area contributed by atoms with Crippen LogP contribution in [0.5, 0.6) is 0 Å². The van der Waals surface area contributed by atoms with Crippen LogP contribution in [-0.2, 0) is 21.4 Å². The maximum absolute atomic E-state index is 11.7. The normalized spacial score (nSPS) is 16.2. The predicted octanol–water partition coefficient (Wildman–Crippen LogP) is 2.83. The summed E-state index contributed by atoms with van der Waals surface area (Å²) in [4.78, 5) is 22.6. The van der Waals surface area contributed by atoms with Gasteiger partial charge in [0.25, 0.3) is 0 Å². The van der Waals surface area contributed by atoms with Crippen LogP contribution >= 0.6 is 0 Å². The van der Waals surface area contributed by atoms with Gasteiger partial charge in [0.1, 0.15) is 5.78 Å². The molecule has 0 aromatic heterocycles. The first-order valence-electron chi connectivity index (χ1n) is 6.32. The van der Waals surface area contributed by atoms with E-state index in [-0.39, 0.29) is 23.5 Å². The molecule has 1 aliphatic rings. The Labute approximate surface area is 108 Å². The molecule has 0 aliphatic heterocycles. The lowest BCUT2D eigenvalue weighted by molar-refractivity contribution is -0.124. The van der Waals surface area contributed by atoms with Crippen molar-refractivity contribution < 1.29 is 9.59 Å². The summed E-state index contributed by atoms with van der Waals surface area (Å²) in [5.41, 5.74) is 3.57.